The van der Waals surface area contributed by atoms with Crippen molar-refractivity contribution in [3.05, 3.63) is 0 Å². The van der Waals surface area contributed by atoms with E-state index in [1.165, 1.54) is 0 Å². The van der Waals surface area contributed by atoms with E-state index in [9.17, 15) is 26.7 Å². The van der Waals surface area contributed by atoms with Gasteiger partial charge in [0.25, 0.3) is 0 Å². The smallest absolute Gasteiger partial charge is 0.406 e. The second-order valence-electron chi connectivity index (χ2n) is 4.40. The maximum absolute atomic E-state index is 12.7. The SMILES string of the molecule is O=C1OC(CNC2(C(F)(F)F)CC2)CC1(F)F. The first-order valence-corrected chi connectivity index (χ1v) is 5.07. The maximum Gasteiger partial charge on any atom is 0.406 e. The maximum atomic E-state index is 12.7. The first-order chi connectivity index (χ1) is 7.66. The molecule has 2 aliphatic rings. The van der Waals surface area contributed by atoms with Crippen molar-refractivity contribution in [3.8, 4) is 0 Å². The van der Waals surface area contributed by atoms with Crippen LogP contribution in [0.2, 0.25) is 0 Å². The van der Waals surface area contributed by atoms with Crippen LogP contribution in [0.1, 0.15) is 19.3 Å². The van der Waals surface area contributed by atoms with E-state index in [1.54, 1.807) is 0 Å². The molecule has 0 radical (unpaired) electrons. The van der Waals surface area contributed by atoms with E-state index in [4.69, 9.17) is 0 Å². The zero-order chi connectivity index (χ0) is 12.9. The van der Waals surface area contributed by atoms with Crippen molar-refractivity contribution >= 4 is 5.97 Å². The van der Waals surface area contributed by atoms with Crippen LogP contribution in [-0.4, -0.2) is 36.3 Å². The molecule has 1 saturated carbocycles. The quantitative estimate of drug-likeness (QED) is 0.618. The summed E-state index contributed by atoms with van der Waals surface area (Å²) < 4.78 is 67.2. The van der Waals surface area contributed by atoms with Gasteiger partial charge >= 0.3 is 18.1 Å². The number of nitrogens with one attached hydrogen (secondary N) is 1. The second-order valence-corrected chi connectivity index (χ2v) is 4.40. The van der Waals surface area contributed by atoms with E-state index < -0.39 is 42.7 Å². The number of ether oxygens (including phenoxy) is 1. The van der Waals surface area contributed by atoms with Gasteiger partial charge in [0.15, 0.2) is 0 Å². The summed E-state index contributed by atoms with van der Waals surface area (Å²) in [5, 5.41) is 2.17. The van der Waals surface area contributed by atoms with Crippen molar-refractivity contribution in [2.75, 3.05) is 6.54 Å². The van der Waals surface area contributed by atoms with Crippen molar-refractivity contribution in [3.63, 3.8) is 0 Å². The van der Waals surface area contributed by atoms with Crippen molar-refractivity contribution in [1.29, 1.82) is 0 Å². The lowest BCUT2D eigenvalue weighted by atomic mass is 10.1. The van der Waals surface area contributed by atoms with Gasteiger partial charge in [-0.05, 0) is 12.8 Å². The van der Waals surface area contributed by atoms with Gasteiger partial charge in [0.2, 0.25) is 0 Å². The number of hydrogen-bond acceptors (Lipinski definition) is 3. The van der Waals surface area contributed by atoms with Crippen molar-refractivity contribution in [2.45, 2.75) is 43.0 Å². The monoisotopic (exact) mass is 259 g/mol. The van der Waals surface area contributed by atoms with Gasteiger partial charge in [-0.3, -0.25) is 5.32 Å². The molecule has 1 saturated heterocycles. The molecule has 1 aliphatic heterocycles. The molecule has 0 spiro atoms. The molecule has 0 aromatic carbocycles. The normalized spacial score (nSPS) is 30.2. The highest BCUT2D eigenvalue weighted by Crippen LogP contribution is 2.49. The van der Waals surface area contributed by atoms with Crippen LogP contribution in [0.25, 0.3) is 0 Å². The topological polar surface area (TPSA) is 38.3 Å². The third kappa shape index (κ3) is 2.22. The third-order valence-corrected chi connectivity index (χ3v) is 3.02. The van der Waals surface area contributed by atoms with Crippen LogP contribution in [-0.2, 0) is 9.53 Å². The molecule has 3 nitrogen and oxygen atoms in total. The first-order valence-electron chi connectivity index (χ1n) is 5.07. The predicted octanol–water partition coefficient (Wildman–Crippen LogP) is 1.62. The van der Waals surface area contributed by atoms with E-state index in [-0.39, 0.29) is 12.8 Å². The zero-order valence-electron chi connectivity index (χ0n) is 8.61. The molecule has 1 aliphatic carbocycles. The average Bonchev–Trinajstić information content (AvgIpc) is 2.88. The Bertz CT molecular complexity index is 337. The summed E-state index contributed by atoms with van der Waals surface area (Å²) in [6.45, 7) is -0.402. The lowest BCUT2D eigenvalue weighted by molar-refractivity contribution is -0.167. The van der Waals surface area contributed by atoms with Gasteiger partial charge in [-0.25, -0.2) is 4.79 Å². The highest BCUT2D eigenvalue weighted by atomic mass is 19.4. The lowest BCUT2D eigenvalue weighted by Gasteiger charge is -2.22. The third-order valence-electron chi connectivity index (χ3n) is 3.02. The minimum atomic E-state index is -4.40. The fraction of sp³-hybridized carbons (Fsp3) is 0.889. The average molecular weight is 259 g/mol. The van der Waals surface area contributed by atoms with Crippen molar-refractivity contribution < 1.29 is 31.5 Å². The van der Waals surface area contributed by atoms with E-state index in [0.29, 0.717) is 0 Å². The molecule has 98 valence electrons. The number of carbonyl (C=O) groups excluding carboxylic acids is 1. The van der Waals surface area contributed by atoms with Crippen LogP contribution >= 0.6 is 0 Å². The molecule has 8 heteroatoms. The van der Waals surface area contributed by atoms with Crippen molar-refractivity contribution in [1.82, 2.24) is 5.32 Å². The molecule has 1 N–H and O–H groups in total. The molecule has 1 unspecified atom stereocenters. The molecule has 0 amide bonds. The number of rotatable bonds is 3. The number of esters is 1. The van der Waals surface area contributed by atoms with Crippen LogP contribution < -0.4 is 5.32 Å². The van der Waals surface area contributed by atoms with Gasteiger partial charge in [0.1, 0.15) is 11.6 Å². The van der Waals surface area contributed by atoms with E-state index in [2.05, 4.69) is 10.1 Å². The van der Waals surface area contributed by atoms with E-state index >= 15 is 0 Å². The summed E-state index contributed by atoms with van der Waals surface area (Å²) in [5.74, 6) is -5.25. The Morgan fingerprint density at radius 3 is 2.29 bits per heavy atom. The van der Waals surface area contributed by atoms with Crippen LogP contribution in [0, 0.1) is 0 Å². The number of alkyl halides is 5. The molecule has 0 bridgehead atoms. The standard InChI is InChI=1S/C9H10F5NO2/c10-8(11)3-5(17-6(8)16)4-15-7(1-2-7)9(12,13)14/h5,15H,1-4H2. The fourth-order valence-corrected chi connectivity index (χ4v) is 1.76. The molecule has 0 aromatic rings. The fourth-order valence-electron chi connectivity index (χ4n) is 1.76. The largest absolute Gasteiger partial charge is 0.456 e. The Hall–Kier alpha value is -0.920. The molecule has 17 heavy (non-hydrogen) atoms. The summed E-state index contributed by atoms with van der Waals surface area (Å²) in [4.78, 5) is 10.6. The van der Waals surface area contributed by atoms with Gasteiger partial charge in [0.05, 0.1) is 6.42 Å². The van der Waals surface area contributed by atoms with Crippen LogP contribution in [0.4, 0.5) is 22.0 Å². The molecule has 0 aromatic heterocycles. The van der Waals surface area contributed by atoms with Gasteiger partial charge in [-0.1, -0.05) is 0 Å². The summed E-state index contributed by atoms with van der Waals surface area (Å²) in [5.41, 5.74) is -1.97. The summed E-state index contributed by atoms with van der Waals surface area (Å²) in [6, 6.07) is 0. The highest BCUT2D eigenvalue weighted by molar-refractivity contribution is 5.79. The highest BCUT2D eigenvalue weighted by Gasteiger charge is 2.63. The summed E-state index contributed by atoms with van der Waals surface area (Å²) in [6.07, 6.45) is -6.62. The van der Waals surface area contributed by atoms with Crippen LogP contribution in [0.5, 0.6) is 0 Å². The van der Waals surface area contributed by atoms with Gasteiger partial charge in [-0.15, -0.1) is 0 Å². The Balaban J connectivity index is 1.87. The second kappa shape index (κ2) is 3.54. The molecule has 2 fully saturated rings. The van der Waals surface area contributed by atoms with Crippen molar-refractivity contribution in [2.24, 2.45) is 0 Å². The molecule has 2 rings (SSSR count). The van der Waals surface area contributed by atoms with Crippen LogP contribution in [0.3, 0.4) is 0 Å². The van der Waals surface area contributed by atoms with Crippen LogP contribution in [0.15, 0.2) is 0 Å². The number of cyclic esters (lactones) is 1. The lowest BCUT2D eigenvalue weighted by Crippen LogP contribution is -2.47. The van der Waals surface area contributed by atoms with Gasteiger partial charge < -0.3 is 4.74 Å². The zero-order valence-corrected chi connectivity index (χ0v) is 8.61. The first kappa shape index (κ1) is 12.5. The minimum absolute atomic E-state index is 0.0758. The Kier molecular flexibility index (Phi) is 2.61. The number of carbonyl (C=O) groups is 1. The predicted molar refractivity (Wildman–Crippen MR) is 45.5 cm³/mol. The van der Waals surface area contributed by atoms with Gasteiger partial charge in [0, 0.05) is 6.54 Å². The Labute approximate surface area is 93.3 Å². The molecule has 1 heterocycles. The Morgan fingerprint density at radius 2 is 1.94 bits per heavy atom. The van der Waals surface area contributed by atoms with E-state index in [0.717, 1.165) is 0 Å². The summed E-state index contributed by atoms with van der Waals surface area (Å²) in [7, 11) is 0. The molecular formula is C9H10F5NO2. The number of halogens is 5. The van der Waals surface area contributed by atoms with E-state index in [1.807, 2.05) is 0 Å². The Morgan fingerprint density at radius 1 is 1.35 bits per heavy atom. The van der Waals surface area contributed by atoms with Gasteiger partial charge in [-0.2, -0.15) is 22.0 Å². The summed E-state index contributed by atoms with van der Waals surface area (Å²) >= 11 is 0. The minimum Gasteiger partial charge on any atom is -0.456 e. The molecule has 1 atom stereocenters. The molecular weight excluding hydrogens is 249 g/mol. The number of hydrogen-bond donors (Lipinski definition) is 1.